The third-order valence-electron chi connectivity index (χ3n) is 3.18. The molecule has 0 heterocycles. The van der Waals surface area contributed by atoms with Gasteiger partial charge in [-0.05, 0) is 30.3 Å². The third-order valence-corrected chi connectivity index (χ3v) is 4.39. The van der Waals surface area contributed by atoms with Gasteiger partial charge in [0.2, 0.25) is 10.0 Å². The summed E-state index contributed by atoms with van der Waals surface area (Å²) in [5, 5.41) is 0. The van der Waals surface area contributed by atoms with Crippen LogP contribution in [-0.4, -0.2) is 35.0 Å². The van der Waals surface area contributed by atoms with Crippen molar-refractivity contribution in [3.63, 3.8) is 0 Å². The molecule has 6 heteroatoms. The highest BCUT2D eigenvalue weighted by Crippen LogP contribution is 2.23. The summed E-state index contributed by atoms with van der Waals surface area (Å²) in [5.41, 5.74) is 2.09. The lowest BCUT2D eigenvalue weighted by Crippen LogP contribution is -2.24. The average molecular weight is 318 g/mol. The molecule has 0 atom stereocenters. The first-order valence-electron chi connectivity index (χ1n) is 6.63. The maximum absolute atomic E-state index is 11.6. The molecular weight excluding hydrogens is 300 g/mol. The van der Waals surface area contributed by atoms with Crippen LogP contribution in [0.5, 0.6) is 5.75 Å². The Hall–Kier alpha value is -2.34. The number of hydrogen-bond donors (Lipinski definition) is 0. The molecule has 2 aromatic rings. The molecule has 0 aliphatic rings. The Morgan fingerprint density at radius 3 is 2.55 bits per heavy atom. The van der Waals surface area contributed by atoms with Gasteiger partial charge in [0.05, 0.1) is 24.7 Å². The van der Waals surface area contributed by atoms with Gasteiger partial charge in [-0.25, -0.2) is 8.42 Å². The molecule has 0 aromatic heterocycles. The molecule has 0 bridgehead atoms. The lowest BCUT2D eigenvalue weighted by Gasteiger charge is -2.16. The molecule has 5 nitrogen and oxygen atoms in total. The van der Waals surface area contributed by atoms with Crippen molar-refractivity contribution in [2.75, 3.05) is 24.7 Å². The van der Waals surface area contributed by atoms with Crippen LogP contribution >= 0.6 is 0 Å². The second-order valence-electron chi connectivity index (χ2n) is 4.75. The number of ether oxygens (including phenoxy) is 1. The highest BCUT2D eigenvalue weighted by atomic mass is 32.2. The Kier molecular flexibility index (Phi) is 4.82. The van der Waals surface area contributed by atoms with Crippen molar-refractivity contribution in [2.24, 2.45) is 4.99 Å². The zero-order chi connectivity index (χ0) is 16.2. The van der Waals surface area contributed by atoms with E-state index in [0.717, 1.165) is 17.6 Å². The summed E-state index contributed by atoms with van der Waals surface area (Å²) < 4.78 is 29.6. The normalized spacial score (nSPS) is 11.6. The zero-order valence-corrected chi connectivity index (χ0v) is 13.5. The van der Waals surface area contributed by atoms with E-state index in [0.29, 0.717) is 11.4 Å². The molecule has 22 heavy (non-hydrogen) atoms. The highest BCUT2D eigenvalue weighted by molar-refractivity contribution is 7.92. The predicted molar refractivity (Wildman–Crippen MR) is 89.9 cm³/mol. The van der Waals surface area contributed by atoms with Crippen molar-refractivity contribution < 1.29 is 13.2 Å². The van der Waals surface area contributed by atoms with Gasteiger partial charge in [0.1, 0.15) is 5.75 Å². The summed E-state index contributed by atoms with van der Waals surface area (Å²) in [5.74, 6) is 0.732. The number of rotatable bonds is 5. The van der Waals surface area contributed by atoms with E-state index in [4.69, 9.17) is 4.74 Å². The molecule has 0 unspecified atom stereocenters. The van der Waals surface area contributed by atoms with Gasteiger partial charge in [-0.15, -0.1) is 0 Å². The van der Waals surface area contributed by atoms with Crippen molar-refractivity contribution in [1.82, 2.24) is 0 Å². The molecule has 0 N–H and O–H groups in total. The van der Waals surface area contributed by atoms with E-state index < -0.39 is 10.0 Å². The van der Waals surface area contributed by atoms with Gasteiger partial charge >= 0.3 is 0 Å². The van der Waals surface area contributed by atoms with Gasteiger partial charge < -0.3 is 4.74 Å². The molecule has 0 amide bonds. The number of sulfonamides is 1. The van der Waals surface area contributed by atoms with E-state index in [2.05, 4.69) is 4.99 Å². The van der Waals surface area contributed by atoms with Gasteiger partial charge in [-0.3, -0.25) is 9.30 Å². The lowest BCUT2D eigenvalue weighted by molar-refractivity contribution is 0.414. The molecule has 0 saturated carbocycles. The minimum atomic E-state index is -3.29. The Bertz CT molecular complexity index is 785. The summed E-state index contributed by atoms with van der Waals surface area (Å²) in [6, 6.07) is 14.6. The Morgan fingerprint density at radius 1 is 1.14 bits per heavy atom. The van der Waals surface area contributed by atoms with Gasteiger partial charge in [-0.2, -0.15) is 0 Å². The fraction of sp³-hybridized carbons (Fsp3) is 0.188. The van der Waals surface area contributed by atoms with E-state index >= 15 is 0 Å². The molecule has 2 rings (SSSR count). The van der Waals surface area contributed by atoms with Crippen LogP contribution in [0.1, 0.15) is 5.56 Å². The molecule has 2 aromatic carbocycles. The quantitative estimate of drug-likeness (QED) is 0.797. The molecule has 0 radical (unpaired) electrons. The monoisotopic (exact) mass is 318 g/mol. The average Bonchev–Trinajstić information content (AvgIpc) is 2.52. The predicted octanol–water partition coefficient (Wildman–Crippen LogP) is 2.84. The number of anilines is 1. The first kappa shape index (κ1) is 16.0. The van der Waals surface area contributed by atoms with Crippen LogP contribution in [0.15, 0.2) is 53.5 Å². The Morgan fingerprint density at radius 2 is 1.86 bits per heavy atom. The Labute approximate surface area is 130 Å². The largest absolute Gasteiger partial charge is 0.496 e. The SMILES string of the molecule is COc1ccccc1C=Nc1cccc(N(C)S(C)(=O)=O)c1. The van der Waals surface area contributed by atoms with E-state index in [1.165, 1.54) is 11.4 Å². The summed E-state index contributed by atoms with van der Waals surface area (Å²) >= 11 is 0. The van der Waals surface area contributed by atoms with Crippen molar-refractivity contribution in [2.45, 2.75) is 0 Å². The fourth-order valence-corrected chi connectivity index (χ4v) is 2.37. The zero-order valence-electron chi connectivity index (χ0n) is 12.7. The molecular formula is C16H18N2O3S. The number of hydrogen-bond acceptors (Lipinski definition) is 4. The summed E-state index contributed by atoms with van der Waals surface area (Å²) in [4.78, 5) is 4.38. The van der Waals surface area contributed by atoms with Crippen molar-refractivity contribution >= 4 is 27.6 Å². The number of aliphatic imine (C=N–C) groups is 1. The maximum Gasteiger partial charge on any atom is 0.231 e. The standard InChI is InChI=1S/C16H18N2O3S/c1-18(22(3,19)20)15-9-6-8-14(11-15)17-12-13-7-4-5-10-16(13)21-2/h4-12H,1-3H3. The van der Waals surface area contributed by atoms with Crippen molar-refractivity contribution in [3.05, 3.63) is 54.1 Å². The van der Waals surface area contributed by atoms with E-state index in [9.17, 15) is 8.42 Å². The first-order chi connectivity index (χ1) is 10.4. The number of nitrogens with zero attached hydrogens (tertiary/aromatic N) is 2. The molecule has 0 aliphatic carbocycles. The van der Waals surface area contributed by atoms with Gasteiger partial charge in [0, 0.05) is 18.8 Å². The Balaban J connectivity index is 2.29. The molecule has 0 aliphatic heterocycles. The molecule has 116 valence electrons. The van der Waals surface area contributed by atoms with Gasteiger partial charge in [-0.1, -0.05) is 18.2 Å². The van der Waals surface area contributed by atoms with Crippen LogP contribution in [0.3, 0.4) is 0 Å². The topological polar surface area (TPSA) is 59.0 Å². The second-order valence-corrected chi connectivity index (χ2v) is 6.76. The first-order valence-corrected chi connectivity index (χ1v) is 8.47. The number of benzene rings is 2. The number of methoxy groups -OCH3 is 1. The van der Waals surface area contributed by atoms with Gasteiger partial charge in [0.25, 0.3) is 0 Å². The van der Waals surface area contributed by atoms with Crippen LogP contribution in [0.25, 0.3) is 0 Å². The van der Waals surface area contributed by atoms with Crippen LogP contribution in [0.4, 0.5) is 11.4 Å². The number of para-hydroxylation sites is 1. The van der Waals surface area contributed by atoms with Crippen LogP contribution in [-0.2, 0) is 10.0 Å². The van der Waals surface area contributed by atoms with Crippen LogP contribution in [0, 0.1) is 0 Å². The van der Waals surface area contributed by atoms with Gasteiger partial charge in [0.15, 0.2) is 0 Å². The second kappa shape index (κ2) is 6.62. The lowest BCUT2D eigenvalue weighted by atomic mass is 10.2. The smallest absolute Gasteiger partial charge is 0.231 e. The van der Waals surface area contributed by atoms with E-state index in [1.54, 1.807) is 31.5 Å². The summed E-state index contributed by atoms with van der Waals surface area (Å²) in [6.07, 6.45) is 2.86. The molecule has 0 spiro atoms. The summed E-state index contributed by atoms with van der Waals surface area (Å²) in [7, 11) is -0.171. The molecule has 0 saturated heterocycles. The minimum absolute atomic E-state index is 0.567. The van der Waals surface area contributed by atoms with Crippen molar-refractivity contribution in [1.29, 1.82) is 0 Å². The highest BCUT2D eigenvalue weighted by Gasteiger charge is 2.11. The van der Waals surface area contributed by atoms with E-state index in [1.807, 2.05) is 30.3 Å². The minimum Gasteiger partial charge on any atom is -0.496 e. The summed E-state index contributed by atoms with van der Waals surface area (Å²) in [6.45, 7) is 0. The van der Waals surface area contributed by atoms with E-state index in [-0.39, 0.29) is 0 Å². The van der Waals surface area contributed by atoms with Crippen molar-refractivity contribution in [3.8, 4) is 5.75 Å². The van der Waals surface area contributed by atoms with Crippen LogP contribution < -0.4 is 9.04 Å². The fourth-order valence-electron chi connectivity index (χ4n) is 1.88. The maximum atomic E-state index is 11.6. The third kappa shape index (κ3) is 3.85. The molecule has 0 fully saturated rings. The van der Waals surface area contributed by atoms with Crippen LogP contribution in [0.2, 0.25) is 0 Å².